The fraction of sp³-hybridized carbons (Fsp3) is 0.467. The number of aryl methyl sites for hydroxylation is 1. The number of fused-ring (bicyclic) bond motifs is 1. The molecule has 3 nitrogen and oxygen atoms in total. The molecule has 2 heterocycles. The van der Waals surface area contributed by atoms with E-state index in [2.05, 4.69) is 9.97 Å². The number of hydrogen-bond acceptors (Lipinski definition) is 3. The largest absolute Gasteiger partial charge is 0.391 e. The Morgan fingerprint density at radius 2 is 1.67 bits per heavy atom. The summed E-state index contributed by atoms with van der Waals surface area (Å²) in [4.78, 5) is 8.60. The van der Waals surface area contributed by atoms with Gasteiger partial charge in [0.05, 0.1) is 11.3 Å². The number of alkyl halides is 3. The third-order valence-electron chi connectivity index (χ3n) is 4.24. The van der Waals surface area contributed by atoms with Crippen LogP contribution in [0, 0.1) is 30.3 Å². The van der Waals surface area contributed by atoms with Crippen LogP contribution in [0.3, 0.4) is 0 Å². The fourth-order valence-corrected chi connectivity index (χ4v) is 2.94. The number of piperidine rings is 1. The average molecular weight is 349 g/mol. The summed E-state index contributed by atoms with van der Waals surface area (Å²) in [5.41, 5.74) is -1.05. The number of rotatable bonds is 1. The Labute approximate surface area is 133 Å². The van der Waals surface area contributed by atoms with E-state index < -0.39 is 40.6 Å². The number of halogens is 6. The summed E-state index contributed by atoms with van der Waals surface area (Å²) >= 11 is 0. The highest BCUT2D eigenvalue weighted by Crippen LogP contribution is 2.38. The zero-order chi connectivity index (χ0) is 17.6. The number of anilines is 1. The van der Waals surface area contributed by atoms with Gasteiger partial charge in [-0.1, -0.05) is 0 Å². The molecule has 1 aliphatic heterocycles. The van der Waals surface area contributed by atoms with E-state index in [-0.39, 0.29) is 37.3 Å². The quantitative estimate of drug-likeness (QED) is 0.573. The van der Waals surface area contributed by atoms with Crippen LogP contribution in [-0.2, 0) is 0 Å². The predicted octanol–water partition coefficient (Wildman–Crippen LogP) is 4.13. The highest BCUT2D eigenvalue weighted by Gasteiger charge is 2.42. The lowest BCUT2D eigenvalue weighted by Crippen LogP contribution is -2.40. The Bertz CT molecular complexity index is 781. The van der Waals surface area contributed by atoms with Gasteiger partial charge in [0.25, 0.3) is 0 Å². The van der Waals surface area contributed by atoms with Gasteiger partial charge in [0.1, 0.15) is 17.0 Å². The molecule has 0 amide bonds. The van der Waals surface area contributed by atoms with E-state index in [1.165, 1.54) is 6.92 Å². The highest BCUT2D eigenvalue weighted by molar-refractivity contribution is 5.84. The van der Waals surface area contributed by atoms with Crippen LogP contribution in [0.2, 0.25) is 0 Å². The van der Waals surface area contributed by atoms with Crippen LogP contribution < -0.4 is 4.90 Å². The molecule has 130 valence electrons. The summed E-state index contributed by atoms with van der Waals surface area (Å²) in [5.74, 6) is -5.17. The van der Waals surface area contributed by atoms with E-state index in [9.17, 15) is 26.3 Å². The van der Waals surface area contributed by atoms with E-state index in [0.717, 1.165) is 11.1 Å². The summed E-state index contributed by atoms with van der Waals surface area (Å²) in [5, 5.41) is -0.399. The third-order valence-corrected chi connectivity index (χ3v) is 4.24. The molecule has 24 heavy (non-hydrogen) atoms. The predicted molar refractivity (Wildman–Crippen MR) is 75.1 cm³/mol. The van der Waals surface area contributed by atoms with Gasteiger partial charge < -0.3 is 4.90 Å². The zero-order valence-electron chi connectivity index (χ0n) is 12.6. The first kappa shape index (κ1) is 16.8. The monoisotopic (exact) mass is 349 g/mol. The lowest BCUT2D eigenvalue weighted by Gasteiger charge is -2.34. The topological polar surface area (TPSA) is 29.0 Å². The number of aromatic nitrogens is 2. The van der Waals surface area contributed by atoms with E-state index in [1.807, 2.05) is 0 Å². The van der Waals surface area contributed by atoms with Crippen LogP contribution in [0.15, 0.2) is 6.20 Å². The lowest BCUT2D eigenvalue weighted by molar-refractivity contribution is -0.179. The summed E-state index contributed by atoms with van der Waals surface area (Å²) in [6.45, 7) is 1.04. The molecule has 3 rings (SSSR count). The fourth-order valence-electron chi connectivity index (χ4n) is 2.94. The van der Waals surface area contributed by atoms with Gasteiger partial charge in [0, 0.05) is 19.3 Å². The molecule has 1 saturated heterocycles. The van der Waals surface area contributed by atoms with Crippen LogP contribution >= 0.6 is 0 Å². The lowest BCUT2D eigenvalue weighted by atomic mass is 9.95. The van der Waals surface area contributed by atoms with E-state index >= 15 is 0 Å². The standard InChI is InChI=1S/C15H13F6N3/c1-7-22-6-9-10(16)11(17)14(12(18)13(9)23-7)24-4-2-8(3-5-24)15(19,20)21/h6,8H,2-5H2,1H3. The van der Waals surface area contributed by atoms with Gasteiger partial charge in [0.2, 0.25) is 0 Å². The molecule has 1 aromatic carbocycles. The SMILES string of the molecule is Cc1ncc2c(F)c(F)c(N3CCC(C(F)(F)F)CC3)c(F)c2n1. The van der Waals surface area contributed by atoms with E-state index in [1.54, 1.807) is 0 Å². The van der Waals surface area contributed by atoms with Gasteiger partial charge >= 0.3 is 6.18 Å². The summed E-state index contributed by atoms with van der Waals surface area (Å²) < 4.78 is 81.2. The Hall–Kier alpha value is -2.06. The van der Waals surface area contributed by atoms with Gasteiger partial charge in [-0.2, -0.15) is 13.2 Å². The van der Waals surface area contributed by atoms with Crippen molar-refractivity contribution in [2.45, 2.75) is 25.9 Å². The van der Waals surface area contributed by atoms with Crippen LogP contribution in [0.4, 0.5) is 32.0 Å². The van der Waals surface area contributed by atoms with Crippen LogP contribution in [-0.4, -0.2) is 29.2 Å². The molecule has 1 aliphatic rings. The van der Waals surface area contributed by atoms with Crippen molar-refractivity contribution in [3.05, 3.63) is 29.5 Å². The average Bonchev–Trinajstić information content (AvgIpc) is 2.52. The minimum absolute atomic E-state index is 0.175. The molecule has 0 radical (unpaired) electrons. The Balaban J connectivity index is 2.02. The van der Waals surface area contributed by atoms with Crippen LogP contribution in [0.1, 0.15) is 18.7 Å². The van der Waals surface area contributed by atoms with Crippen molar-refractivity contribution >= 4 is 16.6 Å². The second-order valence-corrected chi connectivity index (χ2v) is 5.77. The zero-order valence-corrected chi connectivity index (χ0v) is 12.6. The first-order valence-electron chi connectivity index (χ1n) is 7.31. The molecule has 1 aromatic heterocycles. The van der Waals surface area contributed by atoms with Crippen molar-refractivity contribution < 1.29 is 26.3 Å². The third kappa shape index (κ3) is 2.76. The molecule has 2 aromatic rings. The smallest absolute Gasteiger partial charge is 0.367 e. The van der Waals surface area contributed by atoms with E-state index in [0.29, 0.717) is 0 Å². The number of benzene rings is 1. The summed E-state index contributed by atoms with van der Waals surface area (Å²) in [6.07, 6.45) is -3.96. The van der Waals surface area contributed by atoms with Crippen molar-refractivity contribution in [3.8, 4) is 0 Å². The van der Waals surface area contributed by atoms with Gasteiger partial charge in [-0.05, 0) is 19.8 Å². The minimum atomic E-state index is -4.35. The summed E-state index contributed by atoms with van der Waals surface area (Å²) in [7, 11) is 0. The first-order valence-corrected chi connectivity index (χ1v) is 7.31. The van der Waals surface area contributed by atoms with Crippen molar-refractivity contribution in [1.82, 2.24) is 9.97 Å². The number of hydrogen-bond donors (Lipinski definition) is 0. The second-order valence-electron chi connectivity index (χ2n) is 5.77. The number of nitrogens with zero attached hydrogens (tertiary/aromatic N) is 3. The Morgan fingerprint density at radius 1 is 1.04 bits per heavy atom. The van der Waals surface area contributed by atoms with Gasteiger partial charge in [0.15, 0.2) is 17.5 Å². The maximum absolute atomic E-state index is 14.6. The first-order chi connectivity index (χ1) is 11.2. The summed E-state index contributed by atoms with van der Waals surface area (Å²) in [6, 6.07) is 0. The molecule has 0 aliphatic carbocycles. The molecule has 0 bridgehead atoms. The Morgan fingerprint density at radius 3 is 2.25 bits per heavy atom. The molecule has 9 heteroatoms. The minimum Gasteiger partial charge on any atom is -0.367 e. The molecular weight excluding hydrogens is 336 g/mol. The molecular formula is C15H13F6N3. The molecule has 0 spiro atoms. The second kappa shape index (κ2) is 5.78. The maximum Gasteiger partial charge on any atom is 0.391 e. The molecule has 0 saturated carbocycles. The van der Waals surface area contributed by atoms with E-state index in [4.69, 9.17) is 0 Å². The van der Waals surface area contributed by atoms with Gasteiger partial charge in [-0.3, -0.25) is 0 Å². The Kier molecular flexibility index (Phi) is 4.05. The van der Waals surface area contributed by atoms with Crippen LogP contribution in [0.25, 0.3) is 10.9 Å². The van der Waals surface area contributed by atoms with Gasteiger partial charge in [-0.25, -0.2) is 23.1 Å². The normalized spacial score (nSPS) is 16.9. The van der Waals surface area contributed by atoms with Crippen molar-refractivity contribution in [2.75, 3.05) is 18.0 Å². The highest BCUT2D eigenvalue weighted by atomic mass is 19.4. The molecule has 0 atom stereocenters. The molecule has 0 unspecified atom stereocenters. The van der Waals surface area contributed by atoms with Crippen molar-refractivity contribution in [1.29, 1.82) is 0 Å². The molecule has 0 N–H and O–H groups in total. The maximum atomic E-state index is 14.6. The van der Waals surface area contributed by atoms with Crippen LogP contribution in [0.5, 0.6) is 0 Å². The van der Waals surface area contributed by atoms with Crippen molar-refractivity contribution in [2.24, 2.45) is 5.92 Å². The van der Waals surface area contributed by atoms with Gasteiger partial charge in [-0.15, -0.1) is 0 Å². The van der Waals surface area contributed by atoms with Crippen molar-refractivity contribution in [3.63, 3.8) is 0 Å². The molecule has 1 fully saturated rings.